The smallest absolute Gasteiger partial charge is 0.235 e. The average molecular weight is 377 g/mol. The van der Waals surface area contributed by atoms with Gasteiger partial charge in [0.25, 0.3) is 0 Å². The van der Waals surface area contributed by atoms with E-state index in [1.54, 1.807) is 6.07 Å². The molecule has 4 rings (SSSR count). The van der Waals surface area contributed by atoms with Crippen LogP contribution in [0.1, 0.15) is 11.1 Å². The number of rotatable bonds is 4. The molecule has 0 bridgehead atoms. The molecule has 3 nitrogen and oxygen atoms in total. The first kappa shape index (κ1) is 17.4. The summed E-state index contributed by atoms with van der Waals surface area (Å²) >= 11 is 6.22. The first-order chi connectivity index (χ1) is 13.1. The maximum Gasteiger partial charge on any atom is 0.235 e. The van der Waals surface area contributed by atoms with E-state index < -0.39 is 0 Å². The summed E-state index contributed by atoms with van der Waals surface area (Å²) in [6, 6.07) is 22.4. The molecular formula is C23H17ClO3. The summed E-state index contributed by atoms with van der Waals surface area (Å²) < 4.78 is 12.0. The number of benzene rings is 3. The van der Waals surface area contributed by atoms with Crippen LogP contribution in [0.2, 0.25) is 5.02 Å². The lowest BCUT2D eigenvalue weighted by Gasteiger charge is -2.12. The third-order valence-corrected chi connectivity index (χ3v) is 4.74. The highest BCUT2D eigenvalue weighted by molar-refractivity contribution is 6.31. The minimum Gasteiger partial charge on any atom is -0.481 e. The summed E-state index contributed by atoms with van der Waals surface area (Å²) in [6.45, 7) is 2.12. The first-order valence-corrected chi connectivity index (χ1v) is 9.00. The molecule has 0 amide bonds. The predicted molar refractivity (Wildman–Crippen MR) is 108 cm³/mol. The topological polar surface area (TPSA) is 39.4 Å². The molecule has 1 aromatic heterocycles. The van der Waals surface area contributed by atoms with E-state index in [0.29, 0.717) is 21.8 Å². The van der Waals surface area contributed by atoms with E-state index in [4.69, 9.17) is 20.8 Å². The Bertz CT molecular complexity index is 1160. The highest BCUT2D eigenvalue weighted by Crippen LogP contribution is 2.32. The van der Waals surface area contributed by atoms with Gasteiger partial charge in [-0.3, -0.25) is 4.79 Å². The Morgan fingerprint density at radius 3 is 2.48 bits per heavy atom. The lowest BCUT2D eigenvalue weighted by Crippen LogP contribution is -2.10. The van der Waals surface area contributed by atoms with Crippen molar-refractivity contribution < 1.29 is 9.15 Å². The SMILES string of the molecule is Cc1ccc2oc(-c3ccccc3)c(OCc3ccccc3Cl)c(=O)c2c1. The van der Waals surface area contributed by atoms with E-state index in [-0.39, 0.29) is 17.8 Å². The average Bonchev–Trinajstić information content (AvgIpc) is 2.69. The van der Waals surface area contributed by atoms with Gasteiger partial charge in [-0.25, -0.2) is 0 Å². The minimum atomic E-state index is -0.189. The Balaban J connectivity index is 1.87. The van der Waals surface area contributed by atoms with Crippen molar-refractivity contribution in [2.75, 3.05) is 0 Å². The van der Waals surface area contributed by atoms with Crippen molar-refractivity contribution in [2.24, 2.45) is 0 Å². The Labute approximate surface area is 161 Å². The van der Waals surface area contributed by atoms with Gasteiger partial charge in [0.2, 0.25) is 11.2 Å². The zero-order valence-corrected chi connectivity index (χ0v) is 15.5. The van der Waals surface area contributed by atoms with Crippen LogP contribution in [-0.2, 0) is 6.61 Å². The molecule has 0 saturated carbocycles. The van der Waals surface area contributed by atoms with Gasteiger partial charge in [-0.2, -0.15) is 0 Å². The first-order valence-electron chi connectivity index (χ1n) is 8.62. The molecule has 134 valence electrons. The standard InChI is InChI=1S/C23H17ClO3/c1-15-11-12-20-18(13-15)21(25)23(22(27-20)16-7-3-2-4-8-16)26-14-17-9-5-6-10-19(17)24/h2-13H,14H2,1H3. The van der Waals surface area contributed by atoms with Gasteiger partial charge < -0.3 is 9.15 Å². The summed E-state index contributed by atoms with van der Waals surface area (Å²) in [4.78, 5) is 13.2. The lowest BCUT2D eigenvalue weighted by atomic mass is 10.1. The van der Waals surface area contributed by atoms with Crippen molar-refractivity contribution in [3.8, 4) is 17.1 Å². The molecule has 0 saturated heterocycles. The molecule has 3 aromatic carbocycles. The Morgan fingerprint density at radius 1 is 0.963 bits per heavy atom. The summed E-state index contributed by atoms with van der Waals surface area (Å²) in [7, 11) is 0. The molecule has 1 heterocycles. The molecule has 0 radical (unpaired) electrons. The molecule has 0 aliphatic carbocycles. The summed E-state index contributed by atoms with van der Waals surface area (Å²) in [5.74, 6) is 0.614. The van der Waals surface area contributed by atoms with Gasteiger partial charge in [-0.15, -0.1) is 0 Å². The van der Waals surface area contributed by atoms with Gasteiger partial charge in [0.1, 0.15) is 12.2 Å². The zero-order valence-electron chi connectivity index (χ0n) is 14.7. The Kier molecular flexibility index (Phi) is 4.69. The highest BCUT2D eigenvalue weighted by Gasteiger charge is 2.18. The van der Waals surface area contributed by atoms with Crippen LogP contribution >= 0.6 is 11.6 Å². The second kappa shape index (κ2) is 7.29. The molecule has 0 aliphatic rings. The maximum absolute atomic E-state index is 13.2. The number of ether oxygens (including phenoxy) is 1. The van der Waals surface area contributed by atoms with Crippen molar-refractivity contribution in [2.45, 2.75) is 13.5 Å². The van der Waals surface area contributed by atoms with Crippen LogP contribution in [0.3, 0.4) is 0 Å². The highest BCUT2D eigenvalue weighted by atomic mass is 35.5. The van der Waals surface area contributed by atoms with Crippen LogP contribution in [0.4, 0.5) is 0 Å². The normalized spacial score (nSPS) is 10.9. The second-order valence-electron chi connectivity index (χ2n) is 6.34. The van der Waals surface area contributed by atoms with Crippen molar-refractivity contribution in [3.05, 3.63) is 99.2 Å². The van der Waals surface area contributed by atoms with Crippen molar-refractivity contribution in [1.29, 1.82) is 0 Å². The van der Waals surface area contributed by atoms with Crippen LogP contribution in [0.25, 0.3) is 22.3 Å². The maximum atomic E-state index is 13.2. The van der Waals surface area contributed by atoms with E-state index in [1.807, 2.05) is 73.7 Å². The van der Waals surface area contributed by atoms with Crippen LogP contribution < -0.4 is 10.2 Å². The van der Waals surface area contributed by atoms with Gasteiger partial charge in [0.15, 0.2) is 5.76 Å². The fourth-order valence-corrected chi connectivity index (χ4v) is 3.16. The lowest BCUT2D eigenvalue weighted by molar-refractivity contribution is 0.298. The Morgan fingerprint density at radius 2 is 1.70 bits per heavy atom. The largest absolute Gasteiger partial charge is 0.481 e. The quantitative estimate of drug-likeness (QED) is 0.438. The van der Waals surface area contributed by atoms with Gasteiger partial charge in [0, 0.05) is 16.1 Å². The van der Waals surface area contributed by atoms with Crippen LogP contribution in [0.15, 0.2) is 82.0 Å². The summed E-state index contributed by atoms with van der Waals surface area (Å²) in [5, 5.41) is 1.10. The molecule has 4 aromatic rings. The van der Waals surface area contributed by atoms with Crippen molar-refractivity contribution in [3.63, 3.8) is 0 Å². The number of halogens is 1. The summed E-state index contributed by atoms with van der Waals surface area (Å²) in [5.41, 5.74) is 2.92. The summed E-state index contributed by atoms with van der Waals surface area (Å²) in [6.07, 6.45) is 0. The third-order valence-electron chi connectivity index (χ3n) is 4.37. The van der Waals surface area contributed by atoms with E-state index in [2.05, 4.69) is 0 Å². The minimum absolute atomic E-state index is 0.182. The Hall–Kier alpha value is -3.04. The monoisotopic (exact) mass is 376 g/mol. The molecule has 0 N–H and O–H groups in total. The number of hydrogen-bond donors (Lipinski definition) is 0. The van der Waals surface area contributed by atoms with Crippen LogP contribution in [0.5, 0.6) is 5.75 Å². The molecule has 27 heavy (non-hydrogen) atoms. The molecule has 0 unspecified atom stereocenters. The number of aryl methyl sites for hydroxylation is 1. The fourth-order valence-electron chi connectivity index (χ4n) is 2.97. The van der Waals surface area contributed by atoms with Crippen LogP contribution in [0, 0.1) is 6.92 Å². The van der Waals surface area contributed by atoms with E-state index in [1.165, 1.54) is 0 Å². The van der Waals surface area contributed by atoms with Crippen molar-refractivity contribution >= 4 is 22.6 Å². The zero-order chi connectivity index (χ0) is 18.8. The van der Waals surface area contributed by atoms with Crippen LogP contribution in [-0.4, -0.2) is 0 Å². The second-order valence-corrected chi connectivity index (χ2v) is 6.74. The molecule has 0 spiro atoms. The van der Waals surface area contributed by atoms with Gasteiger partial charge in [-0.05, 0) is 25.1 Å². The predicted octanol–water partition coefficient (Wildman–Crippen LogP) is 6.00. The molecular weight excluding hydrogens is 360 g/mol. The van der Waals surface area contributed by atoms with Gasteiger partial charge >= 0.3 is 0 Å². The molecule has 0 aliphatic heterocycles. The van der Waals surface area contributed by atoms with E-state index in [0.717, 1.165) is 16.7 Å². The third kappa shape index (κ3) is 3.46. The van der Waals surface area contributed by atoms with E-state index >= 15 is 0 Å². The molecule has 4 heteroatoms. The van der Waals surface area contributed by atoms with Gasteiger partial charge in [-0.1, -0.05) is 71.8 Å². The van der Waals surface area contributed by atoms with Crippen molar-refractivity contribution in [1.82, 2.24) is 0 Å². The molecule has 0 atom stereocenters. The fraction of sp³-hybridized carbons (Fsp3) is 0.0870. The van der Waals surface area contributed by atoms with E-state index in [9.17, 15) is 4.79 Å². The number of fused-ring (bicyclic) bond motifs is 1. The number of hydrogen-bond acceptors (Lipinski definition) is 3. The molecule has 0 fully saturated rings. The van der Waals surface area contributed by atoms with Gasteiger partial charge in [0.05, 0.1) is 5.39 Å².